The number of hydrogen-bond donors (Lipinski definition) is 1. The van der Waals surface area contributed by atoms with Crippen LogP contribution in [0, 0.1) is 0 Å². The minimum absolute atomic E-state index is 0.0141. The van der Waals surface area contributed by atoms with Crippen LogP contribution in [0.3, 0.4) is 0 Å². The maximum Gasteiger partial charge on any atom is 0.234 e. The van der Waals surface area contributed by atoms with E-state index in [0.717, 1.165) is 12.0 Å². The molecule has 0 spiro atoms. The van der Waals surface area contributed by atoms with Crippen LogP contribution in [0.5, 0.6) is 5.88 Å². The van der Waals surface area contributed by atoms with Gasteiger partial charge in [-0.15, -0.1) is 5.10 Å². The molecule has 0 saturated heterocycles. The first-order valence-electron chi connectivity index (χ1n) is 6.30. The van der Waals surface area contributed by atoms with E-state index in [0.29, 0.717) is 0 Å². The molecule has 1 aromatic rings. The normalized spacial score (nSPS) is 21.6. The van der Waals surface area contributed by atoms with Crippen molar-refractivity contribution in [1.82, 2.24) is 9.78 Å². The van der Waals surface area contributed by atoms with Gasteiger partial charge >= 0.3 is 0 Å². The summed E-state index contributed by atoms with van der Waals surface area (Å²) in [5.41, 5.74) is 2.19. The zero-order chi connectivity index (χ0) is 13.2. The highest BCUT2D eigenvalue weighted by molar-refractivity contribution is 5.43. The molecular formula is C14H24N2O. The summed E-state index contributed by atoms with van der Waals surface area (Å²) in [6, 6.07) is 0. The molecule has 1 aromatic heterocycles. The maximum absolute atomic E-state index is 10.1. The topological polar surface area (TPSA) is 38.1 Å². The number of nitrogens with zero attached hydrogens (tertiary/aromatic N) is 2. The SMILES string of the molecule is CC(C)(C)c1c(O)nn2c1C(C)(C)CC2(C)C. The zero-order valence-electron chi connectivity index (χ0n) is 12.0. The monoisotopic (exact) mass is 236 g/mol. The van der Waals surface area contributed by atoms with Crippen LogP contribution < -0.4 is 0 Å². The third kappa shape index (κ3) is 1.67. The average Bonchev–Trinajstić information content (AvgIpc) is 2.46. The molecule has 96 valence electrons. The van der Waals surface area contributed by atoms with Crippen molar-refractivity contribution in [2.75, 3.05) is 0 Å². The van der Waals surface area contributed by atoms with Gasteiger partial charge in [-0.3, -0.25) is 4.68 Å². The summed E-state index contributed by atoms with van der Waals surface area (Å²) >= 11 is 0. The number of aromatic nitrogens is 2. The maximum atomic E-state index is 10.1. The molecule has 0 aliphatic carbocycles. The summed E-state index contributed by atoms with van der Waals surface area (Å²) < 4.78 is 2.03. The van der Waals surface area contributed by atoms with Gasteiger partial charge in [0.2, 0.25) is 5.88 Å². The van der Waals surface area contributed by atoms with Crippen LogP contribution >= 0.6 is 0 Å². The molecule has 1 aliphatic rings. The molecule has 17 heavy (non-hydrogen) atoms. The van der Waals surface area contributed by atoms with Crippen LogP contribution in [-0.4, -0.2) is 14.9 Å². The van der Waals surface area contributed by atoms with Gasteiger partial charge in [-0.1, -0.05) is 34.6 Å². The van der Waals surface area contributed by atoms with E-state index in [2.05, 4.69) is 53.6 Å². The van der Waals surface area contributed by atoms with Gasteiger partial charge in [0, 0.05) is 11.0 Å². The Morgan fingerprint density at radius 3 is 2.18 bits per heavy atom. The Morgan fingerprint density at radius 1 is 1.18 bits per heavy atom. The van der Waals surface area contributed by atoms with Crippen LogP contribution in [0.1, 0.15) is 66.1 Å². The molecule has 3 heteroatoms. The molecule has 1 N–H and O–H groups in total. The minimum Gasteiger partial charge on any atom is -0.492 e. The summed E-state index contributed by atoms with van der Waals surface area (Å²) in [7, 11) is 0. The molecular weight excluding hydrogens is 212 g/mol. The highest BCUT2D eigenvalue weighted by Crippen LogP contribution is 2.50. The van der Waals surface area contributed by atoms with Gasteiger partial charge < -0.3 is 5.11 Å². The Morgan fingerprint density at radius 2 is 1.71 bits per heavy atom. The molecule has 0 unspecified atom stereocenters. The second-order valence-corrected chi connectivity index (χ2v) is 7.58. The quantitative estimate of drug-likeness (QED) is 0.750. The second kappa shape index (κ2) is 3.06. The summed E-state index contributed by atoms with van der Waals surface area (Å²) in [5.74, 6) is 0.202. The molecule has 0 fully saturated rings. The Labute approximate surface area is 104 Å². The molecule has 0 atom stereocenters. The van der Waals surface area contributed by atoms with Gasteiger partial charge in [0.15, 0.2) is 0 Å². The Balaban J connectivity index is 2.76. The van der Waals surface area contributed by atoms with Crippen molar-refractivity contribution < 1.29 is 5.11 Å². The Hall–Kier alpha value is -0.990. The minimum atomic E-state index is -0.0741. The van der Waals surface area contributed by atoms with Gasteiger partial charge in [0.05, 0.1) is 11.2 Å². The van der Waals surface area contributed by atoms with Gasteiger partial charge in [-0.25, -0.2) is 0 Å². The Bertz CT molecular complexity index is 461. The van der Waals surface area contributed by atoms with E-state index in [4.69, 9.17) is 0 Å². The first kappa shape index (κ1) is 12.5. The van der Waals surface area contributed by atoms with Gasteiger partial charge in [-0.05, 0) is 25.7 Å². The predicted molar refractivity (Wildman–Crippen MR) is 69.6 cm³/mol. The predicted octanol–water partition coefficient (Wildman–Crippen LogP) is 3.30. The highest BCUT2D eigenvalue weighted by atomic mass is 16.3. The van der Waals surface area contributed by atoms with Crippen LogP contribution in [0.4, 0.5) is 0 Å². The fraction of sp³-hybridized carbons (Fsp3) is 0.786. The fourth-order valence-corrected chi connectivity index (χ4v) is 3.40. The van der Waals surface area contributed by atoms with E-state index < -0.39 is 0 Å². The average molecular weight is 236 g/mol. The molecule has 1 aliphatic heterocycles. The number of hydrogen-bond acceptors (Lipinski definition) is 2. The van der Waals surface area contributed by atoms with Crippen molar-refractivity contribution in [2.24, 2.45) is 0 Å². The molecule has 2 rings (SSSR count). The number of aromatic hydroxyl groups is 1. The molecule has 0 radical (unpaired) electrons. The first-order valence-corrected chi connectivity index (χ1v) is 6.30. The standard InChI is InChI=1S/C14H24N2O/c1-12(2,3)9-10-13(4,5)8-14(6,7)16(10)15-11(9)17/h8H2,1-7H3,(H,15,17). The molecule has 3 nitrogen and oxygen atoms in total. The molecule has 0 saturated carbocycles. The van der Waals surface area contributed by atoms with E-state index in [9.17, 15) is 5.11 Å². The van der Waals surface area contributed by atoms with Gasteiger partial charge in [0.1, 0.15) is 0 Å². The third-order valence-electron chi connectivity index (χ3n) is 3.71. The molecule has 0 bridgehead atoms. The van der Waals surface area contributed by atoms with E-state index in [1.807, 2.05) is 4.68 Å². The van der Waals surface area contributed by atoms with Crippen molar-refractivity contribution >= 4 is 0 Å². The first-order chi connectivity index (χ1) is 7.47. The summed E-state index contributed by atoms with van der Waals surface area (Å²) in [6.07, 6.45) is 1.06. The summed E-state index contributed by atoms with van der Waals surface area (Å²) in [5, 5.41) is 14.5. The lowest BCUT2D eigenvalue weighted by Gasteiger charge is -2.25. The largest absolute Gasteiger partial charge is 0.492 e. The number of fused-ring (bicyclic) bond motifs is 1. The van der Waals surface area contributed by atoms with Crippen molar-refractivity contribution in [1.29, 1.82) is 0 Å². The van der Waals surface area contributed by atoms with E-state index in [-0.39, 0.29) is 22.2 Å². The Kier molecular flexibility index (Phi) is 2.25. The summed E-state index contributed by atoms with van der Waals surface area (Å²) in [4.78, 5) is 0. The van der Waals surface area contributed by atoms with E-state index in [1.54, 1.807) is 0 Å². The lowest BCUT2D eigenvalue weighted by Crippen LogP contribution is -2.24. The van der Waals surface area contributed by atoms with Gasteiger partial charge in [0.25, 0.3) is 0 Å². The van der Waals surface area contributed by atoms with E-state index in [1.165, 1.54) is 5.69 Å². The molecule has 0 amide bonds. The van der Waals surface area contributed by atoms with Crippen molar-refractivity contribution in [3.05, 3.63) is 11.3 Å². The highest BCUT2D eigenvalue weighted by Gasteiger charge is 2.47. The molecule has 0 aromatic carbocycles. The lowest BCUT2D eigenvalue weighted by atomic mass is 9.76. The van der Waals surface area contributed by atoms with Crippen LogP contribution in [0.25, 0.3) is 0 Å². The van der Waals surface area contributed by atoms with Crippen LogP contribution in [-0.2, 0) is 16.4 Å². The van der Waals surface area contributed by atoms with Crippen molar-refractivity contribution in [3.8, 4) is 5.88 Å². The smallest absolute Gasteiger partial charge is 0.234 e. The lowest BCUT2D eigenvalue weighted by molar-refractivity contribution is 0.297. The van der Waals surface area contributed by atoms with Crippen molar-refractivity contribution in [3.63, 3.8) is 0 Å². The third-order valence-corrected chi connectivity index (χ3v) is 3.71. The van der Waals surface area contributed by atoms with Crippen LogP contribution in [0.2, 0.25) is 0 Å². The zero-order valence-corrected chi connectivity index (χ0v) is 12.0. The second-order valence-electron chi connectivity index (χ2n) is 7.58. The fourth-order valence-electron chi connectivity index (χ4n) is 3.40. The van der Waals surface area contributed by atoms with Gasteiger partial charge in [-0.2, -0.15) is 0 Å². The van der Waals surface area contributed by atoms with E-state index >= 15 is 0 Å². The van der Waals surface area contributed by atoms with Crippen LogP contribution in [0.15, 0.2) is 0 Å². The molecule has 2 heterocycles. The van der Waals surface area contributed by atoms with Crippen molar-refractivity contribution in [2.45, 2.75) is 71.3 Å². The summed E-state index contributed by atoms with van der Waals surface area (Å²) in [6.45, 7) is 15.2. The number of rotatable bonds is 0.